The number of rotatable bonds is 1. The molecular formula is C20H27NO2. The number of para-hydroxylation sites is 1. The highest BCUT2D eigenvalue weighted by Gasteiger charge is 2.46. The fourth-order valence-electron chi connectivity index (χ4n) is 4.30. The molecule has 2 saturated carbocycles. The van der Waals surface area contributed by atoms with Crippen LogP contribution in [-0.2, 0) is 15.0 Å². The van der Waals surface area contributed by atoms with Crippen molar-refractivity contribution in [3.63, 3.8) is 0 Å². The number of aldehydes is 1. The van der Waals surface area contributed by atoms with E-state index in [-0.39, 0.29) is 11.3 Å². The second kappa shape index (κ2) is 7.29. The Morgan fingerprint density at radius 1 is 0.957 bits per heavy atom. The molecular weight excluding hydrogens is 286 g/mol. The SMILES string of the molecule is O=C1Nc2ccccc2C12CCCCC2.O=CC1CCCCC1. The summed E-state index contributed by atoms with van der Waals surface area (Å²) in [6.45, 7) is 0. The molecule has 4 rings (SSSR count). The van der Waals surface area contributed by atoms with Crippen LogP contribution in [0.3, 0.4) is 0 Å². The molecule has 0 radical (unpaired) electrons. The summed E-state index contributed by atoms with van der Waals surface area (Å²) in [6, 6.07) is 8.14. The highest BCUT2D eigenvalue weighted by molar-refractivity contribution is 6.06. The number of benzene rings is 1. The van der Waals surface area contributed by atoms with Crippen LogP contribution in [0, 0.1) is 5.92 Å². The number of hydrogen-bond donors (Lipinski definition) is 1. The summed E-state index contributed by atoms with van der Waals surface area (Å²) in [5, 5.41) is 3.02. The summed E-state index contributed by atoms with van der Waals surface area (Å²) in [5.74, 6) is 0.632. The third kappa shape index (κ3) is 3.34. The molecule has 2 aliphatic carbocycles. The number of carbonyl (C=O) groups excluding carboxylic acids is 2. The molecule has 1 amide bonds. The Kier molecular flexibility index (Phi) is 5.14. The zero-order valence-corrected chi connectivity index (χ0v) is 13.9. The van der Waals surface area contributed by atoms with E-state index in [4.69, 9.17) is 0 Å². The van der Waals surface area contributed by atoms with Crippen LogP contribution in [0.2, 0.25) is 0 Å². The van der Waals surface area contributed by atoms with Crippen molar-refractivity contribution in [1.82, 2.24) is 0 Å². The van der Waals surface area contributed by atoms with Gasteiger partial charge in [-0.25, -0.2) is 0 Å². The topological polar surface area (TPSA) is 46.2 Å². The van der Waals surface area contributed by atoms with Crippen LogP contribution in [0.4, 0.5) is 5.69 Å². The second-order valence-electron chi connectivity index (χ2n) is 7.18. The zero-order chi connectivity index (χ0) is 16.1. The molecule has 23 heavy (non-hydrogen) atoms. The Morgan fingerprint density at radius 3 is 2.26 bits per heavy atom. The number of hydrogen-bond acceptors (Lipinski definition) is 2. The van der Waals surface area contributed by atoms with E-state index in [1.165, 1.54) is 44.1 Å². The van der Waals surface area contributed by atoms with Crippen molar-refractivity contribution in [3.05, 3.63) is 29.8 Å². The van der Waals surface area contributed by atoms with Crippen molar-refractivity contribution in [2.45, 2.75) is 69.6 Å². The van der Waals surface area contributed by atoms with Gasteiger partial charge in [-0.1, -0.05) is 56.7 Å². The molecule has 0 saturated heterocycles. The van der Waals surface area contributed by atoms with Gasteiger partial charge in [-0.3, -0.25) is 4.79 Å². The van der Waals surface area contributed by atoms with Crippen molar-refractivity contribution < 1.29 is 9.59 Å². The number of carbonyl (C=O) groups is 2. The summed E-state index contributed by atoms with van der Waals surface area (Å²) in [6.07, 6.45) is 13.0. The van der Waals surface area contributed by atoms with E-state index < -0.39 is 0 Å². The van der Waals surface area contributed by atoms with Gasteiger partial charge in [0, 0.05) is 11.6 Å². The summed E-state index contributed by atoms with van der Waals surface area (Å²) in [5.41, 5.74) is 2.08. The van der Waals surface area contributed by atoms with Crippen LogP contribution in [-0.4, -0.2) is 12.2 Å². The van der Waals surface area contributed by atoms with Gasteiger partial charge in [-0.2, -0.15) is 0 Å². The maximum Gasteiger partial charge on any atom is 0.235 e. The van der Waals surface area contributed by atoms with Crippen molar-refractivity contribution in [3.8, 4) is 0 Å². The van der Waals surface area contributed by atoms with Gasteiger partial charge in [0.2, 0.25) is 5.91 Å². The minimum Gasteiger partial charge on any atom is -0.325 e. The normalized spacial score (nSPS) is 22.7. The predicted octanol–water partition coefficient (Wildman–Crippen LogP) is 4.61. The molecule has 0 unspecified atom stereocenters. The summed E-state index contributed by atoms with van der Waals surface area (Å²) >= 11 is 0. The van der Waals surface area contributed by atoms with Crippen LogP contribution < -0.4 is 5.32 Å². The average molecular weight is 313 g/mol. The molecule has 3 aliphatic rings. The van der Waals surface area contributed by atoms with E-state index in [2.05, 4.69) is 11.4 Å². The van der Waals surface area contributed by atoms with Gasteiger partial charge in [-0.05, 0) is 37.3 Å². The molecule has 3 heteroatoms. The third-order valence-corrected chi connectivity index (χ3v) is 5.67. The molecule has 0 aromatic heterocycles. The molecule has 1 spiro atoms. The minimum absolute atomic E-state index is 0.186. The van der Waals surface area contributed by atoms with E-state index in [1.54, 1.807) is 0 Å². The highest BCUT2D eigenvalue weighted by atomic mass is 16.2. The van der Waals surface area contributed by atoms with E-state index in [0.717, 1.165) is 37.7 Å². The first kappa shape index (κ1) is 16.2. The molecule has 1 N–H and O–H groups in total. The first-order valence-electron chi connectivity index (χ1n) is 9.12. The van der Waals surface area contributed by atoms with Gasteiger partial charge >= 0.3 is 0 Å². The molecule has 124 valence electrons. The van der Waals surface area contributed by atoms with E-state index >= 15 is 0 Å². The molecule has 1 aromatic rings. The van der Waals surface area contributed by atoms with Crippen LogP contribution in [0.5, 0.6) is 0 Å². The van der Waals surface area contributed by atoms with Gasteiger partial charge in [0.05, 0.1) is 5.41 Å². The molecule has 1 heterocycles. The van der Waals surface area contributed by atoms with E-state index in [1.807, 2.05) is 18.2 Å². The van der Waals surface area contributed by atoms with Crippen LogP contribution in [0.1, 0.15) is 69.8 Å². The Morgan fingerprint density at radius 2 is 1.61 bits per heavy atom. The van der Waals surface area contributed by atoms with Gasteiger partial charge in [0.25, 0.3) is 0 Å². The van der Waals surface area contributed by atoms with Crippen LogP contribution in [0.15, 0.2) is 24.3 Å². The average Bonchev–Trinajstić information content (AvgIpc) is 2.89. The summed E-state index contributed by atoms with van der Waals surface area (Å²) in [4.78, 5) is 22.3. The summed E-state index contributed by atoms with van der Waals surface area (Å²) < 4.78 is 0. The van der Waals surface area contributed by atoms with Crippen molar-refractivity contribution in [1.29, 1.82) is 0 Å². The molecule has 0 bridgehead atoms. The fraction of sp³-hybridized carbons (Fsp3) is 0.600. The van der Waals surface area contributed by atoms with Crippen molar-refractivity contribution in [2.75, 3.05) is 5.32 Å². The molecule has 0 atom stereocenters. The maximum atomic E-state index is 12.1. The molecule has 3 nitrogen and oxygen atoms in total. The van der Waals surface area contributed by atoms with Crippen molar-refractivity contribution >= 4 is 17.9 Å². The first-order valence-corrected chi connectivity index (χ1v) is 9.12. The smallest absolute Gasteiger partial charge is 0.235 e. The second-order valence-corrected chi connectivity index (χ2v) is 7.18. The number of anilines is 1. The first-order chi connectivity index (χ1) is 11.3. The quantitative estimate of drug-likeness (QED) is 0.770. The number of nitrogens with one attached hydrogen (secondary N) is 1. The lowest BCUT2D eigenvalue weighted by atomic mass is 9.70. The lowest BCUT2D eigenvalue weighted by Gasteiger charge is -2.31. The van der Waals surface area contributed by atoms with Gasteiger partial charge in [-0.15, -0.1) is 0 Å². The standard InChI is InChI=1S/C13H15NO.C7H12O/c15-12-13(8-4-1-5-9-13)10-6-2-3-7-11(10)14-12;8-6-7-4-2-1-3-5-7/h2-3,6-7H,1,4-5,8-9H2,(H,14,15);6-7H,1-5H2. The Bertz CT molecular complexity index is 555. The van der Waals surface area contributed by atoms with E-state index in [0.29, 0.717) is 5.92 Å². The van der Waals surface area contributed by atoms with Crippen LogP contribution >= 0.6 is 0 Å². The minimum atomic E-state index is -0.186. The van der Waals surface area contributed by atoms with Crippen molar-refractivity contribution in [2.24, 2.45) is 5.92 Å². The monoisotopic (exact) mass is 313 g/mol. The van der Waals surface area contributed by atoms with Crippen LogP contribution in [0.25, 0.3) is 0 Å². The lowest BCUT2D eigenvalue weighted by Crippen LogP contribution is -2.36. The predicted molar refractivity (Wildman–Crippen MR) is 92.5 cm³/mol. The van der Waals surface area contributed by atoms with Gasteiger partial charge < -0.3 is 10.1 Å². The number of amides is 1. The van der Waals surface area contributed by atoms with E-state index in [9.17, 15) is 9.59 Å². The van der Waals surface area contributed by atoms with Gasteiger partial charge in [0.15, 0.2) is 0 Å². The third-order valence-electron chi connectivity index (χ3n) is 5.67. The van der Waals surface area contributed by atoms with Gasteiger partial charge in [0.1, 0.15) is 6.29 Å². The summed E-state index contributed by atoms with van der Waals surface area (Å²) in [7, 11) is 0. The number of fused-ring (bicyclic) bond motifs is 2. The Balaban J connectivity index is 0.000000166. The lowest BCUT2D eigenvalue weighted by molar-refractivity contribution is -0.122. The fourth-order valence-corrected chi connectivity index (χ4v) is 4.30. The Labute approximate surface area is 138 Å². The maximum absolute atomic E-state index is 12.1. The molecule has 2 fully saturated rings. The largest absolute Gasteiger partial charge is 0.325 e. The molecule has 1 aromatic carbocycles. The molecule has 1 aliphatic heterocycles. The Hall–Kier alpha value is -1.64. The highest BCUT2D eigenvalue weighted by Crippen LogP contribution is 2.47. The zero-order valence-electron chi connectivity index (χ0n) is 13.9.